The van der Waals surface area contributed by atoms with Gasteiger partial charge in [0, 0.05) is 12.6 Å². The molecule has 0 rings (SSSR count). The molecule has 0 aromatic carbocycles. The molecule has 0 aliphatic carbocycles. The van der Waals surface area contributed by atoms with Crippen LogP contribution in [0.4, 0.5) is 0 Å². The highest BCUT2D eigenvalue weighted by molar-refractivity contribution is 4.69. The fraction of sp³-hybridized carbons (Fsp3) is 1.00. The summed E-state index contributed by atoms with van der Waals surface area (Å²) in [4.78, 5) is 2.32. The van der Waals surface area contributed by atoms with Crippen LogP contribution < -0.4 is 5.32 Å². The van der Waals surface area contributed by atoms with E-state index in [-0.39, 0.29) is 12.6 Å². The first-order valence-electron chi connectivity index (χ1n) is 5.34. The van der Waals surface area contributed by atoms with Gasteiger partial charge in [-0.3, -0.25) is 0 Å². The maximum absolute atomic E-state index is 9.10. The van der Waals surface area contributed by atoms with E-state index in [2.05, 4.69) is 31.0 Å². The minimum Gasteiger partial charge on any atom is -0.395 e. The molecule has 0 heterocycles. The van der Waals surface area contributed by atoms with Gasteiger partial charge >= 0.3 is 0 Å². The van der Waals surface area contributed by atoms with Crippen molar-refractivity contribution in [3.8, 4) is 0 Å². The summed E-state index contributed by atoms with van der Waals surface area (Å²) in [6.07, 6.45) is 1.12. The van der Waals surface area contributed by atoms with Gasteiger partial charge in [0.15, 0.2) is 0 Å². The van der Waals surface area contributed by atoms with Crippen LogP contribution in [0.2, 0.25) is 0 Å². The van der Waals surface area contributed by atoms with Gasteiger partial charge in [0.2, 0.25) is 0 Å². The Labute approximate surface area is 82.1 Å². The first-order valence-corrected chi connectivity index (χ1v) is 5.34. The second kappa shape index (κ2) is 8.48. The molecular formula is C10H24N2O. The third-order valence-corrected chi connectivity index (χ3v) is 2.28. The van der Waals surface area contributed by atoms with Crippen LogP contribution in [0.25, 0.3) is 0 Å². The standard InChI is InChI=1S/C10H24N2O/c1-4-7-11-10(9-13)8-12(5-2)6-3/h10-11,13H,4-9H2,1-3H3. The van der Waals surface area contributed by atoms with Crippen molar-refractivity contribution < 1.29 is 5.11 Å². The number of hydrogen-bond acceptors (Lipinski definition) is 3. The summed E-state index contributed by atoms with van der Waals surface area (Å²) in [6, 6.07) is 0.236. The lowest BCUT2D eigenvalue weighted by molar-refractivity contribution is 0.190. The number of likely N-dealkylation sites (N-methyl/N-ethyl adjacent to an activating group) is 1. The molecule has 3 nitrogen and oxygen atoms in total. The number of hydrogen-bond donors (Lipinski definition) is 2. The molecule has 0 saturated carbocycles. The lowest BCUT2D eigenvalue weighted by Gasteiger charge is -2.24. The minimum atomic E-state index is 0.233. The zero-order chi connectivity index (χ0) is 10.1. The molecule has 1 unspecified atom stereocenters. The van der Waals surface area contributed by atoms with E-state index in [0.29, 0.717) is 0 Å². The predicted octanol–water partition coefficient (Wildman–Crippen LogP) is 0.689. The van der Waals surface area contributed by atoms with E-state index in [9.17, 15) is 0 Å². The third kappa shape index (κ3) is 6.02. The van der Waals surface area contributed by atoms with Gasteiger partial charge < -0.3 is 15.3 Å². The lowest BCUT2D eigenvalue weighted by Crippen LogP contribution is -2.43. The zero-order valence-electron chi connectivity index (χ0n) is 9.21. The van der Waals surface area contributed by atoms with E-state index >= 15 is 0 Å². The van der Waals surface area contributed by atoms with Crippen LogP contribution >= 0.6 is 0 Å². The van der Waals surface area contributed by atoms with Gasteiger partial charge in [0.05, 0.1) is 6.61 Å². The van der Waals surface area contributed by atoms with Gasteiger partial charge in [-0.25, -0.2) is 0 Å². The van der Waals surface area contributed by atoms with E-state index in [1.807, 2.05) is 0 Å². The molecule has 13 heavy (non-hydrogen) atoms. The van der Waals surface area contributed by atoms with Crippen molar-refractivity contribution in [1.29, 1.82) is 0 Å². The number of nitrogens with zero attached hydrogens (tertiary/aromatic N) is 1. The number of aliphatic hydroxyl groups excluding tert-OH is 1. The van der Waals surface area contributed by atoms with Gasteiger partial charge in [-0.15, -0.1) is 0 Å². The molecule has 2 N–H and O–H groups in total. The molecule has 0 aliphatic heterocycles. The number of aliphatic hydroxyl groups is 1. The second-order valence-corrected chi connectivity index (χ2v) is 3.32. The Kier molecular flexibility index (Phi) is 8.40. The number of rotatable bonds is 8. The molecule has 0 spiro atoms. The average Bonchev–Trinajstić information content (AvgIpc) is 2.19. The molecule has 0 saturated heterocycles. The Bertz CT molecular complexity index is 105. The van der Waals surface area contributed by atoms with Crippen molar-refractivity contribution in [3.63, 3.8) is 0 Å². The smallest absolute Gasteiger partial charge is 0.0597 e. The van der Waals surface area contributed by atoms with E-state index < -0.39 is 0 Å². The van der Waals surface area contributed by atoms with E-state index in [1.165, 1.54) is 0 Å². The summed E-state index contributed by atoms with van der Waals surface area (Å²) in [5.41, 5.74) is 0. The Morgan fingerprint density at radius 3 is 2.23 bits per heavy atom. The monoisotopic (exact) mass is 188 g/mol. The lowest BCUT2D eigenvalue weighted by atomic mass is 10.2. The fourth-order valence-corrected chi connectivity index (χ4v) is 1.33. The Balaban J connectivity index is 3.67. The van der Waals surface area contributed by atoms with Crippen molar-refractivity contribution in [2.75, 3.05) is 32.8 Å². The van der Waals surface area contributed by atoms with Crippen molar-refractivity contribution in [1.82, 2.24) is 10.2 Å². The summed E-state index contributed by atoms with van der Waals surface area (Å²) < 4.78 is 0. The van der Waals surface area contributed by atoms with Crippen LogP contribution in [0.15, 0.2) is 0 Å². The summed E-state index contributed by atoms with van der Waals surface area (Å²) >= 11 is 0. The molecule has 0 radical (unpaired) electrons. The van der Waals surface area contributed by atoms with Gasteiger partial charge in [-0.2, -0.15) is 0 Å². The topological polar surface area (TPSA) is 35.5 Å². The predicted molar refractivity (Wildman–Crippen MR) is 57.0 cm³/mol. The van der Waals surface area contributed by atoms with Crippen LogP contribution in [-0.4, -0.2) is 48.8 Å². The Hall–Kier alpha value is -0.120. The first-order chi connectivity index (χ1) is 6.28. The van der Waals surface area contributed by atoms with Gasteiger partial charge in [-0.1, -0.05) is 20.8 Å². The molecule has 0 bridgehead atoms. The van der Waals surface area contributed by atoms with Crippen molar-refractivity contribution in [2.45, 2.75) is 33.2 Å². The molecule has 0 aromatic heterocycles. The molecule has 0 aliphatic rings. The highest BCUT2D eigenvalue weighted by Gasteiger charge is 2.09. The van der Waals surface area contributed by atoms with Gasteiger partial charge in [0.1, 0.15) is 0 Å². The van der Waals surface area contributed by atoms with Crippen LogP contribution in [0.1, 0.15) is 27.2 Å². The normalized spacial score (nSPS) is 13.6. The van der Waals surface area contributed by atoms with Crippen molar-refractivity contribution in [2.24, 2.45) is 0 Å². The Morgan fingerprint density at radius 2 is 1.85 bits per heavy atom. The molecular weight excluding hydrogens is 164 g/mol. The van der Waals surface area contributed by atoms with Crippen LogP contribution in [0.5, 0.6) is 0 Å². The third-order valence-electron chi connectivity index (χ3n) is 2.28. The maximum atomic E-state index is 9.10. The molecule has 3 heteroatoms. The van der Waals surface area contributed by atoms with E-state index in [0.717, 1.165) is 32.6 Å². The molecule has 80 valence electrons. The van der Waals surface area contributed by atoms with Gasteiger partial charge in [-0.05, 0) is 26.1 Å². The fourth-order valence-electron chi connectivity index (χ4n) is 1.33. The highest BCUT2D eigenvalue weighted by Crippen LogP contribution is 1.92. The largest absolute Gasteiger partial charge is 0.395 e. The summed E-state index contributed by atoms with van der Waals surface area (Å²) in [5, 5.41) is 12.4. The molecule has 1 atom stereocenters. The highest BCUT2D eigenvalue weighted by atomic mass is 16.3. The molecule has 0 amide bonds. The van der Waals surface area contributed by atoms with E-state index in [1.54, 1.807) is 0 Å². The van der Waals surface area contributed by atoms with Crippen molar-refractivity contribution >= 4 is 0 Å². The van der Waals surface area contributed by atoms with Gasteiger partial charge in [0.25, 0.3) is 0 Å². The number of nitrogens with one attached hydrogen (secondary N) is 1. The maximum Gasteiger partial charge on any atom is 0.0597 e. The van der Waals surface area contributed by atoms with Crippen LogP contribution in [-0.2, 0) is 0 Å². The quantitative estimate of drug-likeness (QED) is 0.588. The van der Waals surface area contributed by atoms with Crippen LogP contribution in [0.3, 0.4) is 0 Å². The summed E-state index contributed by atoms with van der Waals surface area (Å²) in [5.74, 6) is 0. The molecule has 0 aromatic rings. The zero-order valence-corrected chi connectivity index (χ0v) is 9.21. The minimum absolute atomic E-state index is 0.233. The average molecular weight is 188 g/mol. The summed E-state index contributed by atoms with van der Waals surface area (Å²) in [7, 11) is 0. The SMILES string of the molecule is CCCNC(CO)CN(CC)CC. The second-order valence-electron chi connectivity index (χ2n) is 3.32. The van der Waals surface area contributed by atoms with Crippen molar-refractivity contribution in [3.05, 3.63) is 0 Å². The van der Waals surface area contributed by atoms with E-state index in [4.69, 9.17) is 5.11 Å². The van der Waals surface area contributed by atoms with Crippen LogP contribution in [0, 0.1) is 0 Å². The summed E-state index contributed by atoms with van der Waals surface area (Å²) in [6.45, 7) is 10.7. The first kappa shape index (κ1) is 12.9. The molecule has 0 fully saturated rings. The Morgan fingerprint density at radius 1 is 1.23 bits per heavy atom.